The van der Waals surface area contributed by atoms with E-state index >= 15 is 0 Å². The van der Waals surface area contributed by atoms with E-state index < -0.39 is 0 Å². The third kappa shape index (κ3) is 9.12. The number of hydrogen-bond donors (Lipinski definition) is 2. The molecule has 0 aliphatic rings. The highest BCUT2D eigenvalue weighted by Crippen LogP contribution is 2.04. The number of halogens is 1. The van der Waals surface area contributed by atoms with E-state index in [1.165, 1.54) is 12.1 Å². The molecule has 0 heterocycles. The molecule has 1 rings (SSSR count). The molecule has 0 amide bonds. The molecule has 134 valence electrons. The van der Waals surface area contributed by atoms with Crippen molar-refractivity contribution < 1.29 is 13.9 Å². The van der Waals surface area contributed by atoms with Crippen LogP contribution in [0.5, 0.6) is 0 Å². The number of guanidine groups is 1. The molecule has 0 spiro atoms. The minimum atomic E-state index is -0.232. The van der Waals surface area contributed by atoms with Crippen LogP contribution >= 0.6 is 0 Å². The second-order valence-electron chi connectivity index (χ2n) is 5.45. The molecule has 0 unspecified atom stereocenters. The van der Waals surface area contributed by atoms with Gasteiger partial charge in [-0.2, -0.15) is 0 Å². The molecule has 0 aliphatic carbocycles. The van der Waals surface area contributed by atoms with Crippen LogP contribution in [0.15, 0.2) is 29.3 Å². The van der Waals surface area contributed by atoms with Crippen molar-refractivity contribution in [2.75, 3.05) is 20.2 Å². The molecule has 2 N–H and O–H groups in total. The van der Waals surface area contributed by atoms with Gasteiger partial charge in [0.1, 0.15) is 5.82 Å². The zero-order valence-electron chi connectivity index (χ0n) is 14.6. The first kappa shape index (κ1) is 19.9. The van der Waals surface area contributed by atoms with Crippen LogP contribution in [0.4, 0.5) is 4.39 Å². The molecular formula is C18H28FN3O2. The molecule has 0 saturated carbocycles. The largest absolute Gasteiger partial charge is 0.466 e. The van der Waals surface area contributed by atoms with Crippen LogP contribution in [0.2, 0.25) is 0 Å². The van der Waals surface area contributed by atoms with Gasteiger partial charge in [0.15, 0.2) is 5.96 Å². The molecule has 0 fully saturated rings. The molecule has 5 nitrogen and oxygen atoms in total. The average Bonchev–Trinajstić information content (AvgIpc) is 2.58. The Hall–Kier alpha value is -2.11. The first-order valence-electron chi connectivity index (χ1n) is 8.50. The molecular weight excluding hydrogens is 309 g/mol. The maximum Gasteiger partial charge on any atom is 0.305 e. The minimum Gasteiger partial charge on any atom is -0.466 e. The third-order valence-electron chi connectivity index (χ3n) is 3.50. The lowest BCUT2D eigenvalue weighted by atomic mass is 10.1. The Labute approximate surface area is 143 Å². The number of carbonyl (C=O) groups is 1. The van der Waals surface area contributed by atoms with Crippen LogP contribution in [0.1, 0.15) is 44.6 Å². The zero-order valence-corrected chi connectivity index (χ0v) is 14.6. The number of carbonyl (C=O) groups excluding carboxylic acids is 1. The molecule has 0 saturated heterocycles. The maximum atomic E-state index is 12.8. The van der Waals surface area contributed by atoms with E-state index in [0.29, 0.717) is 19.6 Å². The second-order valence-corrected chi connectivity index (χ2v) is 5.45. The van der Waals surface area contributed by atoms with E-state index in [1.54, 1.807) is 19.2 Å². The Morgan fingerprint density at radius 1 is 1.12 bits per heavy atom. The van der Waals surface area contributed by atoms with Gasteiger partial charge in [0.05, 0.1) is 6.61 Å². The lowest BCUT2D eigenvalue weighted by Crippen LogP contribution is -2.37. The summed E-state index contributed by atoms with van der Waals surface area (Å²) in [6.07, 6.45) is 4.46. The van der Waals surface area contributed by atoms with Gasteiger partial charge in [-0.05, 0) is 37.5 Å². The van der Waals surface area contributed by atoms with Crippen molar-refractivity contribution in [3.8, 4) is 0 Å². The van der Waals surface area contributed by atoms with Crippen LogP contribution in [0.25, 0.3) is 0 Å². The summed E-state index contributed by atoms with van der Waals surface area (Å²) in [5.74, 6) is 0.385. The molecule has 0 radical (unpaired) electrons. The molecule has 0 bridgehead atoms. The van der Waals surface area contributed by atoms with Gasteiger partial charge in [-0.15, -0.1) is 0 Å². The highest BCUT2D eigenvalue weighted by molar-refractivity contribution is 5.79. The van der Waals surface area contributed by atoms with Gasteiger partial charge < -0.3 is 15.4 Å². The van der Waals surface area contributed by atoms with Crippen molar-refractivity contribution in [1.29, 1.82) is 0 Å². The summed E-state index contributed by atoms with van der Waals surface area (Å²) in [6, 6.07) is 6.39. The van der Waals surface area contributed by atoms with Crippen molar-refractivity contribution in [3.05, 3.63) is 35.6 Å². The van der Waals surface area contributed by atoms with E-state index in [-0.39, 0.29) is 11.8 Å². The first-order valence-corrected chi connectivity index (χ1v) is 8.50. The van der Waals surface area contributed by atoms with Crippen LogP contribution < -0.4 is 10.6 Å². The lowest BCUT2D eigenvalue weighted by Gasteiger charge is -2.12. The fourth-order valence-electron chi connectivity index (χ4n) is 2.20. The van der Waals surface area contributed by atoms with Gasteiger partial charge >= 0.3 is 5.97 Å². The van der Waals surface area contributed by atoms with Gasteiger partial charge in [0.2, 0.25) is 0 Å². The molecule has 24 heavy (non-hydrogen) atoms. The predicted octanol–water partition coefficient (Wildman–Crippen LogP) is 3.00. The lowest BCUT2D eigenvalue weighted by molar-refractivity contribution is -0.143. The van der Waals surface area contributed by atoms with E-state index in [9.17, 15) is 9.18 Å². The number of unbranched alkanes of at least 4 members (excludes halogenated alkanes) is 3. The van der Waals surface area contributed by atoms with Gasteiger partial charge in [-0.1, -0.05) is 25.0 Å². The summed E-state index contributed by atoms with van der Waals surface area (Å²) in [6.45, 7) is 3.69. The van der Waals surface area contributed by atoms with E-state index in [2.05, 4.69) is 15.6 Å². The van der Waals surface area contributed by atoms with Crippen molar-refractivity contribution in [2.45, 2.75) is 45.6 Å². The number of nitrogens with zero attached hydrogens (tertiary/aromatic N) is 1. The van der Waals surface area contributed by atoms with Crippen molar-refractivity contribution >= 4 is 11.9 Å². The number of hydrogen-bond acceptors (Lipinski definition) is 3. The molecule has 0 atom stereocenters. The summed E-state index contributed by atoms with van der Waals surface area (Å²) in [5, 5.41) is 6.44. The Bertz CT molecular complexity index is 503. The quantitative estimate of drug-likeness (QED) is 0.298. The van der Waals surface area contributed by atoms with Gasteiger partial charge in [-0.3, -0.25) is 9.79 Å². The van der Waals surface area contributed by atoms with Crippen LogP contribution in [-0.2, 0) is 16.1 Å². The van der Waals surface area contributed by atoms with Gasteiger partial charge in [-0.25, -0.2) is 4.39 Å². The molecule has 1 aromatic rings. The smallest absolute Gasteiger partial charge is 0.305 e. The second kappa shape index (κ2) is 12.3. The zero-order chi connectivity index (χ0) is 17.6. The van der Waals surface area contributed by atoms with Crippen molar-refractivity contribution in [2.24, 2.45) is 4.99 Å². The summed E-state index contributed by atoms with van der Waals surface area (Å²) in [4.78, 5) is 15.3. The number of benzene rings is 1. The monoisotopic (exact) mass is 337 g/mol. The molecule has 6 heteroatoms. The summed E-state index contributed by atoms with van der Waals surface area (Å²) < 4.78 is 17.7. The summed E-state index contributed by atoms with van der Waals surface area (Å²) in [5.41, 5.74) is 0.998. The Balaban J connectivity index is 2.08. The Morgan fingerprint density at radius 3 is 2.50 bits per heavy atom. The van der Waals surface area contributed by atoms with Crippen LogP contribution in [-0.4, -0.2) is 32.1 Å². The highest BCUT2D eigenvalue weighted by atomic mass is 19.1. The number of nitrogens with one attached hydrogen (secondary N) is 2. The summed E-state index contributed by atoms with van der Waals surface area (Å²) in [7, 11) is 1.72. The SMILES string of the molecule is CCOC(=O)CCCCCCNC(=NC)NCc1ccc(F)cc1. The normalized spacial score (nSPS) is 11.2. The van der Waals surface area contributed by atoms with Crippen LogP contribution in [0, 0.1) is 5.82 Å². The number of aliphatic imine (C=N–C) groups is 1. The third-order valence-corrected chi connectivity index (χ3v) is 3.50. The average molecular weight is 337 g/mol. The maximum absolute atomic E-state index is 12.8. The first-order chi connectivity index (χ1) is 11.7. The topological polar surface area (TPSA) is 62.7 Å². The Kier molecular flexibility index (Phi) is 10.2. The molecule has 0 aliphatic heterocycles. The standard InChI is InChI=1S/C18H28FN3O2/c1-3-24-17(23)8-6-4-5-7-13-21-18(20-2)22-14-15-9-11-16(19)12-10-15/h9-12H,3-8,13-14H2,1-2H3,(H2,20,21,22). The van der Waals surface area contributed by atoms with Gasteiger partial charge in [0.25, 0.3) is 0 Å². The number of esters is 1. The van der Waals surface area contributed by atoms with Crippen molar-refractivity contribution in [1.82, 2.24) is 10.6 Å². The van der Waals surface area contributed by atoms with Crippen molar-refractivity contribution in [3.63, 3.8) is 0 Å². The number of rotatable bonds is 10. The minimum absolute atomic E-state index is 0.110. The summed E-state index contributed by atoms with van der Waals surface area (Å²) >= 11 is 0. The van der Waals surface area contributed by atoms with Crippen LogP contribution in [0.3, 0.4) is 0 Å². The molecule has 1 aromatic carbocycles. The Morgan fingerprint density at radius 2 is 1.83 bits per heavy atom. The molecule has 0 aromatic heterocycles. The van der Waals surface area contributed by atoms with Gasteiger partial charge in [0, 0.05) is 26.6 Å². The van der Waals surface area contributed by atoms with E-state index in [0.717, 1.165) is 43.8 Å². The van der Waals surface area contributed by atoms with E-state index in [4.69, 9.17) is 4.74 Å². The highest BCUT2D eigenvalue weighted by Gasteiger charge is 2.01. The fraction of sp³-hybridized carbons (Fsp3) is 0.556. The fourth-order valence-corrected chi connectivity index (χ4v) is 2.20. The number of ether oxygens (including phenoxy) is 1. The van der Waals surface area contributed by atoms with E-state index in [1.807, 2.05) is 6.92 Å². The predicted molar refractivity (Wildman–Crippen MR) is 94.3 cm³/mol.